The lowest BCUT2D eigenvalue weighted by atomic mass is 10.2. The first kappa shape index (κ1) is 12.8. The smallest absolute Gasteiger partial charge is 0.303 e. The van der Waals surface area contributed by atoms with Crippen molar-refractivity contribution in [3.8, 4) is 0 Å². The van der Waals surface area contributed by atoms with Crippen LogP contribution in [0.2, 0.25) is 0 Å². The summed E-state index contributed by atoms with van der Waals surface area (Å²) in [7, 11) is 0. The normalized spacial score (nSPS) is 21.1. The third kappa shape index (κ3) is 2.19. The number of carbonyl (C=O) groups is 1. The number of benzene rings is 1. The van der Waals surface area contributed by atoms with Crippen molar-refractivity contribution in [2.24, 2.45) is 5.92 Å². The van der Waals surface area contributed by atoms with E-state index in [2.05, 4.69) is 11.9 Å². The van der Waals surface area contributed by atoms with Crippen molar-refractivity contribution in [3.05, 3.63) is 40.4 Å². The second-order valence-corrected chi connectivity index (χ2v) is 5.39. The summed E-state index contributed by atoms with van der Waals surface area (Å²) in [4.78, 5) is 27.9. The van der Waals surface area contributed by atoms with Gasteiger partial charge in [0.25, 0.3) is 5.56 Å². The molecule has 1 aromatic heterocycles. The topological polar surface area (TPSA) is 72.2 Å². The average Bonchev–Trinajstić information content (AvgIpc) is 3.13. The van der Waals surface area contributed by atoms with Crippen molar-refractivity contribution in [1.29, 1.82) is 0 Å². The number of para-hydroxylation sites is 1. The molecule has 1 N–H and O–H groups in total. The Hall–Kier alpha value is -2.17. The minimum absolute atomic E-state index is 0.00805. The maximum atomic E-state index is 12.6. The first-order valence-corrected chi connectivity index (χ1v) is 6.80. The molecular weight excluding hydrogens is 256 g/mol. The van der Waals surface area contributed by atoms with Gasteiger partial charge in [0.15, 0.2) is 0 Å². The van der Waals surface area contributed by atoms with E-state index in [9.17, 15) is 9.59 Å². The number of carboxylic acid groups (broad SMARTS) is 1. The highest BCUT2D eigenvalue weighted by molar-refractivity contribution is 5.77. The van der Waals surface area contributed by atoms with E-state index in [1.54, 1.807) is 16.7 Å². The van der Waals surface area contributed by atoms with E-state index in [-0.39, 0.29) is 18.0 Å². The van der Waals surface area contributed by atoms with Gasteiger partial charge in [0, 0.05) is 12.5 Å². The lowest BCUT2D eigenvalue weighted by Crippen LogP contribution is -2.25. The van der Waals surface area contributed by atoms with E-state index in [4.69, 9.17) is 5.11 Å². The van der Waals surface area contributed by atoms with Crippen molar-refractivity contribution < 1.29 is 9.90 Å². The van der Waals surface area contributed by atoms with Gasteiger partial charge >= 0.3 is 5.97 Å². The van der Waals surface area contributed by atoms with Crippen LogP contribution in [0.1, 0.15) is 31.6 Å². The largest absolute Gasteiger partial charge is 0.481 e. The van der Waals surface area contributed by atoms with Crippen molar-refractivity contribution in [2.45, 2.75) is 32.2 Å². The van der Waals surface area contributed by atoms with Crippen LogP contribution in [0.4, 0.5) is 0 Å². The number of aliphatic carboxylic acids is 1. The van der Waals surface area contributed by atoms with Crippen molar-refractivity contribution in [2.75, 3.05) is 0 Å². The number of aryl methyl sites for hydroxylation is 1. The lowest BCUT2D eigenvalue weighted by Gasteiger charge is -2.12. The fourth-order valence-electron chi connectivity index (χ4n) is 2.59. The molecule has 1 heterocycles. The molecule has 2 atom stereocenters. The Kier molecular flexibility index (Phi) is 3.04. The summed E-state index contributed by atoms with van der Waals surface area (Å²) in [5.74, 6) is 0.174. The number of nitrogens with zero attached hydrogens (tertiary/aromatic N) is 2. The molecule has 1 aromatic carbocycles. The lowest BCUT2D eigenvalue weighted by molar-refractivity contribution is -0.137. The molecule has 1 aliphatic rings. The quantitative estimate of drug-likeness (QED) is 0.924. The number of fused-ring (bicyclic) bond motifs is 1. The number of aromatic nitrogens is 2. The molecule has 1 saturated carbocycles. The molecule has 5 heteroatoms. The highest BCUT2D eigenvalue weighted by atomic mass is 16.4. The zero-order valence-electron chi connectivity index (χ0n) is 11.2. The van der Waals surface area contributed by atoms with E-state index < -0.39 is 5.97 Å². The minimum atomic E-state index is -0.872. The van der Waals surface area contributed by atoms with Gasteiger partial charge in [0.1, 0.15) is 5.82 Å². The Bertz CT molecular complexity index is 735. The van der Waals surface area contributed by atoms with Gasteiger partial charge in [0.2, 0.25) is 0 Å². The van der Waals surface area contributed by atoms with Gasteiger partial charge in [-0.1, -0.05) is 19.1 Å². The first-order chi connectivity index (χ1) is 9.58. The third-order valence-corrected chi connectivity index (χ3v) is 3.84. The van der Waals surface area contributed by atoms with Crippen molar-refractivity contribution >= 4 is 16.9 Å². The molecule has 0 saturated heterocycles. The molecule has 0 aliphatic heterocycles. The second kappa shape index (κ2) is 4.74. The van der Waals surface area contributed by atoms with Gasteiger partial charge in [-0.25, -0.2) is 4.98 Å². The van der Waals surface area contributed by atoms with Crippen LogP contribution in [-0.4, -0.2) is 20.6 Å². The second-order valence-electron chi connectivity index (χ2n) is 5.39. The fourth-order valence-corrected chi connectivity index (χ4v) is 2.59. The minimum Gasteiger partial charge on any atom is -0.481 e. The van der Waals surface area contributed by atoms with Gasteiger partial charge in [-0.3, -0.25) is 14.2 Å². The summed E-state index contributed by atoms with van der Waals surface area (Å²) >= 11 is 0. The molecule has 0 bridgehead atoms. The molecule has 20 heavy (non-hydrogen) atoms. The Morgan fingerprint density at radius 3 is 2.80 bits per heavy atom. The van der Waals surface area contributed by atoms with E-state index in [1.807, 2.05) is 12.1 Å². The van der Waals surface area contributed by atoms with Gasteiger partial charge in [0.05, 0.1) is 17.3 Å². The Morgan fingerprint density at radius 2 is 2.15 bits per heavy atom. The third-order valence-electron chi connectivity index (χ3n) is 3.84. The van der Waals surface area contributed by atoms with Crippen LogP contribution in [0.25, 0.3) is 10.9 Å². The zero-order chi connectivity index (χ0) is 14.3. The van der Waals surface area contributed by atoms with Crippen LogP contribution in [0.5, 0.6) is 0 Å². The van der Waals surface area contributed by atoms with Gasteiger partial charge in [-0.05, 0) is 24.5 Å². The number of hydrogen-bond acceptors (Lipinski definition) is 3. The monoisotopic (exact) mass is 272 g/mol. The molecule has 3 rings (SSSR count). The molecule has 1 fully saturated rings. The van der Waals surface area contributed by atoms with Gasteiger partial charge < -0.3 is 5.11 Å². The molecule has 5 nitrogen and oxygen atoms in total. The van der Waals surface area contributed by atoms with Crippen LogP contribution in [0.15, 0.2) is 29.1 Å². The first-order valence-electron chi connectivity index (χ1n) is 6.80. The van der Waals surface area contributed by atoms with E-state index in [0.717, 1.165) is 6.42 Å². The highest BCUT2D eigenvalue weighted by Gasteiger charge is 2.37. The highest BCUT2D eigenvalue weighted by Crippen LogP contribution is 2.42. The summed E-state index contributed by atoms with van der Waals surface area (Å²) in [5, 5.41) is 9.44. The number of rotatable bonds is 4. The molecular formula is C15H16N2O3. The van der Waals surface area contributed by atoms with Crippen LogP contribution < -0.4 is 5.56 Å². The molecule has 0 amide bonds. The standard InChI is InChI=1S/C15H16N2O3/c1-9-8-12(9)17-13(6-7-14(18)19)16-11-5-3-2-4-10(11)15(17)20/h2-5,9,12H,6-8H2,1H3,(H,18,19). The summed E-state index contributed by atoms with van der Waals surface area (Å²) in [6, 6.07) is 7.39. The summed E-state index contributed by atoms with van der Waals surface area (Å²) in [5.41, 5.74) is 0.591. The fraction of sp³-hybridized carbons (Fsp3) is 0.400. The molecule has 0 radical (unpaired) electrons. The predicted molar refractivity (Wildman–Crippen MR) is 74.8 cm³/mol. The maximum absolute atomic E-state index is 12.6. The van der Waals surface area contributed by atoms with Crippen LogP contribution >= 0.6 is 0 Å². The summed E-state index contributed by atoms with van der Waals surface area (Å²) in [6.07, 6.45) is 1.24. The molecule has 1 aliphatic carbocycles. The van der Waals surface area contributed by atoms with Crippen LogP contribution in [-0.2, 0) is 11.2 Å². The van der Waals surface area contributed by atoms with Crippen molar-refractivity contribution in [1.82, 2.24) is 9.55 Å². The zero-order valence-corrected chi connectivity index (χ0v) is 11.2. The SMILES string of the molecule is CC1CC1n1c(CCC(=O)O)nc2ccccc2c1=O. The molecule has 2 aromatic rings. The molecule has 2 unspecified atom stereocenters. The van der Waals surface area contributed by atoms with Crippen LogP contribution in [0, 0.1) is 5.92 Å². The Labute approximate surface area is 115 Å². The van der Waals surface area contributed by atoms with Crippen molar-refractivity contribution in [3.63, 3.8) is 0 Å². The van der Waals surface area contributed by atoms with Gasteiger partial charge in [-0.2, -0.15) is 0 Å². The molecule has 0 spiro atoms. The average molecular weight is 272 g/mol. The van der Waals surface area contributed by atoms with Crippen LogP contribution in [0.3, 0.4) is 0 Å². The summed E-state index contributed by atoms with van der Waals surface area (Å²) in [6.45, 7) is 2.09. The van der Waals surface area contributed by atoms with E-state index >= 15 is 0 Å². The predicted octanol–water partition coefficient (Wildman–Crippen LogP) is 1.99. The summed E-state index contributed by atoms with van der Waals surface area (Å²) < 4.78 is 1.70. The maximum Gasteiger partial charge on any atom is 0.303 e. The number of hydrogen-bond donors (Lipinski definition) is 1. The molecule has 104 valence electrons. The van der Waals surface area contributed by atoms with Gasteiger partial charge in [-0.15, -0.1) is 0 Å². The Morgan fingerprint density at radius 1 is 1.45 bits per heavy atom. The van der Waals surface area contributed by atoms with E-state index in [0.29, 0.717) is 29.1 Å². The number of carboxylic acids is 1. The Balaban J connectivity index is 2.15. The van der Waals surface area contributed by atoms with E-state index in [1.165, 1.54) is 0 Å².